The van der Waals surface area contributed by atoms with Crippen LogP contribution >= 0.6 is 0 Å². The number of benzene rings is 1. The summed E-state index contributed by atoms with van der Waals surface area (Å²) < 4.78 is 10.6. The fourth-order valence-electron chi connectivity index (χ4n) is 1.70. The largest absolute Gasteiger partial charge is 0.497 e. The maximum Gasteiger partial charge on any atom is 0.240 e. The van der Waals surface area contributed by atoms with Gasteiger partial charge in [-0.25, -0.2) is 0 Å². The molecule has 1 aromatic carbocycles. The van der Waals surface area contributed by atoms with Crippen molar-refractivity contribution in [2.24, 2.45) is 5.73 Å². The van der Waals surface area contributed by atoms with E-state index in [2.05, 4.69) is 0 Å². The molecule has 0 unspecified atom stereocenters. The fraction of sp³-hybridized carbons (Fsp3) is 0.364. The summed E-state index contributed by atoms with van der Waals surface area (Å²) in [6.07, 6.45) is 0. The summed E-state index contributed by atoms with van der Waals surface area (Å²) in [6.45, 7) is 1.02. The van der Waals surface area contributed by atoms with Crippen molar-refractivity contribution in [3.63, 3.8) is 0 Å². The van der Waals surface area contributed by atoms with Crippen LogP contribution < -0.4 is 20.1 Å². The maximum atomic E-state index is 11.6. The average molecular weight is 222 g/mol. The van der Waals surface area contributed by atoms with Gasteiger partial charge in [0.1, 0.15) is 18.1 Å². The molecule has 0 atom stereocenters. The third kappa shape index (κ3) is 1.81. The van der Waals surface area contributed by atoms with Crippen LogP contribution in [0.3, 0.4) is 0 Å². The van der Waals surface area contributed by atoms with Gasteiger partial charge in [-0.3, -0.25) is 4.79 Å². The van der Waals surface area contributed by atoms with Gasteiger partial charge in [0.15, 0.2) is 0 Å². The molecule has 0 bridgehead atoms. The van der Waals surface area contributed by atoms with Crippen LogP contribution in [0.5, 0.6) is 11.5 Å². The van der Waals surface area contributed by atoms with Crippen LogP contribution in [0.4, 0.5) is 5.69 Å². The minimum atomic E-state index is -0.102. The minimum absolute atomic E-state index is 0.00543. The zero-order valence-corrected chi connectivity index (χ0v) is 9.10. The van der Waals surface area contributed by atoms with E-state index < -0.39 is 0 Å². The normalized spacial score (nSPS) is 14.0. The third-order valence-corrected chi connectivity index (χ3v) is 2.51. The predicted molar refractivity (Wildman–Crippen MR) is 59.9 cm³/mol. The number of methoxy groups -OCH3 is 1. The van der Waals surface area contributed by atoms with Crippen LogP contribution in [0.2, 0.25) is 0 Å². The zero-order valence-electron chi connectivity index (χ0n) is 9.10. The average Bonchev–Trinajstić information content (AvgIpc) is 2.36. The highest BCUT2D eigenvalue weighted by Crippen LogP contribution is 2.34. The van der Waals surface area contributed by atoms with E-state index in [1.54, 1.807) is 30.2 Å². The predicted octanol–water partition coefficient (Wildman–Crippen LogP) is 0.379. The van der Waals surface area contributed by atoms with Gasteiger partial charge < -0.3 is 20.1 Å². The summed E-state index contributed by atoms with van der Waals surface area (Å²) in [5.74, 6) is 1.27. The second kappa shape index (κ2) is 4.40. The molecule has 1 aromatic rings. The number of hydrogen-bond donors (Lipinski definition) is 1. The molecule has 0 radical (unpaired) electrons. The first-order chi connectivity index (χ1) is 7.76. The summed E-state index contributed by atoms with van der Waals surface area (Å²) in [7, 11) is 1.59. The number of rotatable bonds is 2. The summed E-state index contributed by atoms with van der Waals surface area (Å²) in [5.41, 5.74) is 6.11. The summed E-state index contributed by atoms with van der Waals surface area (Å²) in [6, 6.07) is 5.37. The molecule has 1 aliphatic heterocycles. The van der Waals surface area contributed by atoms with E-state index in [1.807, 2.05) is 0 Å². The first-order valence-electron chi connectivity index (χ1n) is 5.07. The molecule has 0 aliphatic carbocycles. The molecule has 0 aromatic heterocycles. The SMILES string of the molecule is COc1ccc2c(c1)OCCN2C(=O)CN. The van der Waals surface area contributed by atoms with Gasteiger partial charge in [-0.2, -0.15) is 0 Å². The number of nitrogens with zero attached hydrogens (tertiary/aromatic N) is 1. The highest BCUT2D eigenvalue weighted by atomic mass is 16.5. The van der Waals surface area contributed by atoms with Crippen molar-refractivity contribution in [3.05, 3.63) is 18.2 Å². The number of ether oxygens (including phenoxy) is 2. The van der Waals surface area contributed by atoms with Crippen LogP contribution in [0.15, 0.2) is 18.2 Å². The molecule has 86 valence electrons. The Morgan fingerprint density at radius 3 is 3.12 bits per heavy atom. The Morgan fingerprint density at radius 1 is 1.62 bits per heavy atom. The van der Waals surface area contributed by atoms with E-state index in [1.165, 1.54) is 0 Å². The lowest BCUT2D eigenvalue weighted by atomic mass is 10.2. The monoisotopic (exact) mass is 222 g/mol. The standard InChI is InChI=1S/C11H14N2O3/c1-15-8-2-3-9-10(6-8)16-5-4-13(9)11(14)7-12/h2-3,6H,4-5,7,12H2,1H3. The lowest BCUT2D eigenvalue weighted by molar-refractivity contribution is -0.117. The zero-order chi connectivity index (χ0) is 11.5. The van der Waals surface area contributed by atoms with E-state index >= 15 is 0 Å². The van der Waals surface area contributed by atoms with Crippen molar-refractivity contribution >= 4 is 11.6 Å². The first kappa shape index (κ1) is 10.8. The Balaban J connectivity index is 2.36. The second-order valence-corrected chi connectivity index (χ2v) is 3.43. The number of hydrogen-bond acceptors (Lipinski definition) is 4. The topological polar surface area (TPSA) is 64.8 Å². The number of amides is 1. The molecule has 1 aliphatic rings. The number of carbonyl (C=O) groups excluding carboxylic acids is 1. The van der Waals surface area contributed by atoms with Crippen molar-refractivity contribution in [1.82, 2.24) is 0 Å². The van der Waals surface area contributed by atoms with Crippen LogP contribution in [0.25, 0.3) is 0 Å². The van der Waals surface area contributed by atoms with Gasteiger partial charge in [0.2, 0.25) is 5.91 Å². The van der Waals surface area contributed by atoms with Gasteiger partial charge in [0, 0.05) is 6.07 Å². The van der Waals surface area contributed by atoms with Gasteiger partial charge in [-0.15, -0.1) is 0 Å². The Morgan fingerprint density at radius 2 is 2.44 bits per heavy atom. The first-order valence-corrected chi connectivity index (χ1v) is 5.07. The Bertz CT molecular complexity index is 406. The number of carbonyl (C=O) groups is 1. The van der Waals surface area contributed by atoms with Crippen molar-refractivity contribution in [2.45, 2.75) is 0 Å². The van der Waals surface area contributed by atoms with E-state index in [-0.39, 0.29) is 12.5 Å². The van der Waals surface area contributed by atoms with Crippen molar-refractivity contribution < 1.29 is 14.3 Å². The molecule has 16 heavy (non-hydrogen) atoms. The minimum Gasteiger partial charge on any atom is -0.497 e. The van der Waals surface area contributed by atoms with Crippen molar-refractivity contribution in [2.75, 3.05) is 31.7 Å². The Hall–Kier alpha value is -1.75. The van der Waals surface area contributed by atoms with Gasteiger partial charge in [-0.05, 0) is 12.1 Å². The molecule has 0 fully saturated rings. The summed E-state index contributed by atoms with van der Waals surface area (Å²) in [5, 5.41) is 0. The van der Waals surface area contributed by atoms with E-state index in [0.717, 1.165) is 5.69 Å². The van der Waals surface area contributed by atoms with Gasteiger partial charge in [0.25, 0.3) is 0 Å². The van der Waals surface area contributed by atoms with Gasteiger partial charge in [-0.1, -0.05) is 0 Å². The van der Waals surface area contributed by atoms with Crippen LogP contribution in [0, 0.1) is 0 Å². The highest BCUT2D eigenvalue weighted by Gasteiger charge is 2.22. The van der Waals surface area contributed by atoms with Crippen LogP contribution in [-0.2, 0) is 4.79 Å². The summed E-state index contributed by atoms with van der Waals surface area (Å²) >= 11 is 0. The van der Waals surface area contributed by atoms with Gasteiger partial charge in [0.05, 0.1) is 25.9 Å². The molecule has 0 saturated carbocycles. The smallest absolute Gasteiger partial charge is 0.240 e. The van der Waals surface area contributed by atoms with E-state index in [9.17, 15) is 4.79 Å². The second-order valence-electron chi connectivity index (χ2n) is 3.43. The number of nitrogens with two attached hydrogens (primary N) is 1. The lowest BCUT2D eigenvalue weighted by Gasteiger charge is -2.29. The van der Waals surface area contributed by atoms with E-state index in [4.69, 9.17) is 15.2 Å². The molecule has 1 heterocycles. The van der Waals surface area contributed by atoms with Crippen LogP contribution in [-0.4, -0.2) is 32.7 Å². The van der Waals surface area contributed by atoms with E-state index in [0.29, 0.717) is 24.7 Å². The van der Waals surface area contributed by atoms with Crippen molar-refractivity contribution in [3.8, 4) is 11.5 Å². The number of fused-ring (bicyclic) bond motifs is 1. The molecule has 0 spiro atoms. The molecule has 1 amide bonds. The number of anilines is 1. The van der Waals surface area contributed by atoms with Gasteiger partial charge >= 0.3 is 0 Å². The molecule has 5 nitrogen and oxygen atoms in total. The molecule has 2 rings (SSSR count). The summed E-state index contributed by atoms with van der Waals surface area (Å²) in [4.78, 5) is 13.2. The molecule has 5 heteroatoms. The third-order valence-electron chi connectivity index (χ3n) is 2.51. The molecular weight excluding hydrogens is 208 g/mol. The molecular formula is C11H14N2O3. The Labute approximate surface area is 93.7 Å². The van der Waals surface area contributed by atoms with Crippen molar-refractivity contribution in [1.29, 1.82) is 0 Å². The van der Waals surface area contributed by atoms with Crippen LogP contribution in [0.1, 0.15) is 0 Å². The molecule has 0 saturated heterocycles. The lowest BCUT2D eigenvalue weighted by Crippen LogP contribution is -2.41. The maximum absolute atomic E-state index is 11.6. The Kier molecular flexibility index (Phi) is 2.96. The fourth-order valence-corrected chi connectivity index (χ4v) is 1.70. The quantitative estimate of drug-likeness (QED) is 0.785. The highest BCUT2D eigenvalue weighted by molar-refractivity contribution is 5.96. The molecule has 2 N–H and O–H groups in total.